The quantitative estimate of drug-likeness (QED) is 0.0946. The van der Waals surface area contributed by atoms with Gasteiger partial charge in [0.05, 0.1) is 9.52 Å². The van der Waals surface area contributed by atoms with Gasteiger partial charge in [-0.15, -0.1) is 74.6 Å². The van der Waals surface area contributed by atoms with Crippen molar-refractivity contribution in [2.24, 2.45) is 0 Å². The molecule has 2 radical (unpaired) electrons. The molecule has 64 heavy (non-hydrogen) atoms. The fourth-order valence-corrected chi connectivity index (χ4v) is 10.3. The SMILES string of the molecule is CCCCc1ccccc1-c1cccc2[cH-]c(-c3ccccc3)cc12.CCCCc1ccccc1-c1cccc2[cH-]c(-c3ccccc3)cc12.[Hf].[c-]1cccc2c1[Si]c1ccccc1-2. The average molecular weight is 1000 g/mol. The van der Waals surface area contributed by atoms with Crippen LogP contribution in [0.4, 0.5) is 0 Å². The molecule has 0 unspecified atom stereocenters. The van der Waals surface area contributed by atoms with Crippen LogP contribution in [0, 0.1) is 6.07 Å². The predicted molar refractivity (Wildman–Crippen MR) is 274 cm³/mol. The van der Waals surface area contributed by atoms with Crippen molar-refractivity contribution in [1.29, 1.82) is 0 Å². The maximum absolute atomic E-state index is 3.31. The predicted octanol–water partition coefficient (Wildman–Crippen LogP) is 15.6. The van der Waals surface area contributed by atoms with Crippen molar-refractivity contribution >= 4 is 41.4 Å². The molecule has 0 saturated carbocycles. The summed E-state index contributed by atoms with van der Waals surface area (Å²) < 4.78 is 0. The second kappa shape index (κ2) is 21.6. The van der Waals surface area contributed by atoms with E-state index in [1.165, 1.54) is 124 Å². The van der Waals surface area contributed by atoms with Crippen molar-refractivity contribution in [3.05, 3.63) is 230 Å². The molecule has 1 heterocycles. The number of rotatable bonds is 10. The van der Waals surface area contributed by atoms with Crippen molar-refractivity contribution < 1.29 is 25.8 Å². The maximum Gasteiger partial charge on any atom is 0.0920 e. The molecule has 312 valence electrons. The second-order valence-corrected chi connectivity index (χ2v) is 17.8. The molecule has 0 atom stereocenters. The molecule has 0 aromatic heterocycles. The topological polar surface area (TPSA) is 0 Å². The Kier molecular flexibility index (Phi) is 15.1. The van der Waals surface area contributed by atoms with Crippen molar-refractivity contribution in [3.8, 4) is 55.6 Å². The molecule has 0 fully saturated rings. The number of hydrogen-bond donors (Lipinski definition) is 0. The van der Waals surface area contributed by atoms with Crippen molar-refractivity contribution in [2.75, 3.05) is 0 Å². The van der Waals surface area contributed by atoms with Crippen LogP contribution in [-0.2, 0) is 38.7 Å². The van der Waals surface area contributed by atoms with E-state index < -0.39 is 0 Å². The van der Waals surface area contributed by atoms with Crippen LogP contribution >= 0.6 is 0 Å². The molecule has 1 aliphatic rings. The van der Waals surface area contributed by atoms with E-state index in [9.17, 15) is 0 Å². The van der Waals surface area contributed by atoms with Crippen LogP contribution in [0.1, 0.15) is 50.7 Å². The Hall–Kier alpha value is -5.93. The van der Waals surface area contributed by atoms with Gasteiger partial charge in [-0.2, -0.15) is 29.5 Å². The van der Waals surface area contributed by atoms with Crippen LogP contribution in [0.3, 0.4) is 0 Å². The van der Waals surface area contributed by atoms with E-state index in [2.05, 4.69) is 226 Å². The Morgan fingerprint density at radius 2 is 0.859 bits per heavy atom. The molecule has 0 spiro atoms. The summed E-state index contributed by atoms with van der Waals surface area (Å²) in [5, 5.41) is 8.17. The van der Waals surface area contributed by atoms with E-state index in [4.69, 9.17) is 0 Å². The zero-order valence-corrected chi connectivity index (χ0v) is 41.5. The van der Waals surface area contributed by atoms with Crippen molar-refractivity contribution in [1.82, 2.24) is 0 Å². The molecule has 0 aliphatic carbocycles. The number of fused-ring (bicyclic) bond motifs is 5. The summed E-state index contributed by atoms with van der Waals surface area (Å²) in [7, 11) is 0.795. The summed E-state index contributed by atoms with van der Waals surface area (Å²) in [5.74, 6) is 0. The molecule has 0 nitrogen and oxygen atoms in total. The first-order chi connectivity index (χ1) is 31.2. The third-order valence-corrected chi connectivity index (χ3v) is 13.6. The maximum atomic E-state index is 3.31. The Bertz CT molecular complexity index is 2850. The molecule has 1 aliphatic heterocycles. The fourth-order valence-electron chi connectivity index (χ4n) is 9.00. The number of benzene rings is 8. The molecule has 10 aromatic rings. The van der Waals surface area contributed by atoms with Crippen LogP contribution in [0.15, 0.2) is 212 Å². The van der Waals surface area contributed by atoms with Gasteiger partial charge in [0, 0.05) is 25.8 Å². The third-order valence-electron chi connectivity index (χ3n) is 12.3. The van der Waals surface area contributed by atoms with Crippen molar-refractivity contribution in [2.45, 2.75) is 52.4 Å². The van der Waals surface area contributed by atoms with Gasteiger partial charge in [-0.25, -0.2) is 0 Å². The molecule has 2 heteroatoms. The smallest absolute Gasteiger partial charge is 0.0920 e. The number of aryl methyl sites for hydroxylation is 2. The van der Waals surface area contributed by atoms with E-state index in [0.29, 0.717) is 0 Å². The molecular formula is C62H53HfSi-3. The first kappa shape index (κ1) is 44.7. The first-order valence-electron chi connectivity index (χ1n) is 22.7. The first-order valence-corrected chi connectivity index (χ1v) is 23.7. The molecule has 0 N–H and O–H groups in total. The fraction of sp³-hybridized carbons (Fsp3) is 0.129. The van der Waals surface area contributed by atoms with Gasteiger partial charge in [0.1, 0.15) is 0 Å². The zero-order valence-electron chi connectivity index (χ0n) is 36.9. The summed E-state index contributed by atoms with van der Waals surface area (Å²) >= 11 is 0. The minimum Gasteiger partial charge on any atom is -0.184 e. The van der Waals surface area contributed by atoms with Gasteiger partial charge in [0.2, 0.25) is 0 Å². The molecule has 10 aromatic carbocycles. The summed E-state index contributed by atoms with van der Waals surface area (Å²) in [4.78, 5) is 0. The van der Waals surface area contributed by atoms with Crippen LogP contribution in [0.2, 0.25) is 0 Å². The van der Waals surface area contributed by atoms with Gasteiger partial charge < -0.3 is 0 Å². The normalized spacial score (nSPS) is 11.2. The number of unbranched alkanes of at least 4 members (excludes halogenated alkanes) is 2. The Labute approximate surface area is 402 Å². The monoisotopic (exact) mass is 1010 g/mol. The minimum absolute atomic E-state index is 0. The molecule has 0 amide bonds. The van der Waals surface area contributed by atoms with Gasteiger partial charge in [-0.3, -0.25) is 0 Å². The Balaban J connectivity index is 0.000000136. The molecule has 0 saturated heterocycles. The van der Waals surface area contributed by atoms with E-state index in [1.807, 2.05) is 6.07 Å². The summed E-state index contributed by atoms with van der Waals surface area (Å²) in [6.45, 7) is 4.51. The van der Waals surface area contributed by atoms with Crippen LogP contribution < -0.4 is 10.4 Å². The van der Waals surface area contributed by atoms with Gasteiger partial charge in [0.25, 0.3) is 0 Å². The summed E-state index contributed by atoms with van der Waals surface area (Å²) in [6.07, 6.45) is 7.23. The van der Waals surface area contributed by atoms with Crippen LogP contribution in [0.5, 0.6) is 0 Å². The average Bonchev–Trinajstić information content (AvgIpc) is 4.10. The van der Waals surface area contributed by atoms with Crippen LogP contribution in [0.25, 0.3) is 77.2 Å². The Morgan fingerprint density at radius 3 is 1.38 bits per heavy atom. The summed E-state index contributed by atoms with van der Waals surface area (Å²) in [6, 6.07) is 79.9. The Morgan fingerprint density at radius 1 is 0.422 bits per heavy atom. The van der Waals surface area contributed by atoms with E-state index in [1.54, 1.807) is 0 Å². The molecule has 0 bridgehead atoms. The largest absolute Gasteiger partial charge is 0.184 e. The zero-order chi connectivity index (χ0) is 42.8. The number of hydrogen-bond acceptors (Lipinski definition) is 0. The molecule has 11 rings (SSSR count). The summed E-state index contributed by atoms with van der Waals surface area (Å²) in [5.41, 5.74) is 16.3. The minimum atomic E-state index is 0. The van der Waals surface area contributed by atoms with Crippen molar-refractivity contribution in [3.63, 3.8) is 0 Å². The van der Waals surface area contributed by atoms with E-state index >= 15 is 0 Å². The van der Waals surface area contributed by atoms with E-state index in [0.717, 1.165) is 22.4 Å². The second-order valence-electron chi connectivity index (χ2n) is 16.5. The van der Waals surface area contributed by atoms with Crippen LogP contribution in [-0.4, -0.2) is 9.52 Å². The third kappa shape index (κ3) is 10.0. The molecular weight excluding hydrogens is 951 g/mol. The van der Waals surface area contributed by atoms with Gasteiger partial charge >= 0.3 is 0 Å². The standard InChI is InChI=1S/2C25H23.C12H7Si.Hf/c2*1-2-3-10-20-13-7-8-15-23(20)24-16-9-14-21-17-22(18-25(21)24)19-11-5-4-6-12-19;1-3-7-11-9(5-1)10-6-2-4-8-12(10)13-11;/h2*4-9,11-18H,2-3,10H2,1H3;1-7H;/q3*-1;. The van der Waals surface area contributed by atoms with Gasteiger partial charge in [-0.1, -0.05) is 217 Å². The van der Waals surface area contributed by atoms with E-state index in [-0.39, 0.29) is 25.8 Å². The van der Waals surface area contributed by atoms with Gasteiger partial charge in [-0.05, 0) is 47.9 Å². The van der Waals surface area contributed by atoms with Gasteiger partial charge in [0.15, 0.2) is 0 Å².